The largest absolute Gasteiger partial charge is 0.478 e. The van der Waals surface area contributed by atoms with Crippen molar-refractivity contribution in [1.29, 1.82) is 0 Å². The molecule has 1 rings (SSSR count). The maximum Gasteiger partial charge on any atom is 0.209 e. The van der Waals surface area contributed by atoms with Crippen molar-refractivity contribution in [2.24, 2.45) is 0 Å². The van der Waals surface area contributed by atoms with Crippen molar-refractivity contribution in [2.75, 3.05) is 6.61 Å². The molecule has 0 unspecified atom stereocenters. The second kappa shape index (κ2) is 4.54. The summed E-state index contributed by atoms with van der Waals surface area (Å²) in [5.74, 6) is 0.561. The zero-order valence-electron chi connectivity index (χ0n) is 7.04. The quantitative estimate of drug-likeness (QED) is 0.534. The van der Waals surface area contributed by atoms with Crippen LogP contribution >= 0.6 is 0 Å². The molecule has 1 heterocycles. The molecule has 0 amide bonds. The van der Waals surface area contributed by atoms with Crippen molar-refractivity contribution < 1.29 is 9.53 Å². The number of nitrogens with zero attached hydrogens (tertiary/aromatic N) is 1. The van der Waals surface area contributed by atoms with Crippen LogP contribution in [-0.2, 0) is 0 Å². The smallest absolute Gasteiger partial charge is 0.209 e. The Hall–Kier alpha value is -1.32. The summed E-state index contributed by atoms with van der Waals surface area (Å²) >= 11 is 0. The maximum atomic E-state index is 10.2. The van der Waals surface area contributed by atoms with Crippen molar-refractivity contribution in [3.8, 4) is 5.88 Å². The highest BCUT2D eigenvalue weighted by atomic mass is 16.5. The summed E-state index contributed by atoms with van der Waals surface area (Å²) in [4.78, 5) is 10.2. The van der Waals surface area contributed by atoms with Gasteiger partial charge in [-0.1, -0.05) is 13.3 Å². The van der Waals surface area contributed by atoms with E-state index in [9.17, 15) is 4.79 Å². The molecule has 0 saturated heterocycles. The molecule has 0 aliphatic rings. The monoisotopic (exact) mass is 168 g/mol. The molecule has 0 aliphatic carbocycles. The summed E-state index contributed by atoms with van der Waals surface area (Å²) < 4.78 is 5.25. The molecule has 0 aliphatic heterocycles. The minimum Gasteiger partial charge on any atom is -0.478 e. The summed E-state index contributed by atoms with van der Waals surface area (Å²) in [6, 6.07) is 1.59. The van der Waals surface area contributed by atoms with E-state index in [1.165, 1.54) is 0 Å². The molecule has 0 bridgehead atoms. The average Bonchev–Trinajstić information content (AvgIpc) is 2.53. The van der Waals surface area contributed by atoms with E-state index in [-0.39, 0.29) is 0 Å². The van der Waals surface area contributed by atoms with Crippen LogP contribution < -0.4 is 4.74 Å². The van der Waals surface area contributed by atoms with Crippen LogP contribution in [0.1, 0.15) is 30.3 Å². The first-order valence-electron chi connectivity index (χ1n) is 4.00. The fraction of sp³-hybridized carbons (Fsp3) is 0.500. The number of H-pyrrole nitrogens is 1. The van der Waals surface area contributed by atoms with Crippen LogP contribution in [0.15, 0.2) is 6.07 Å². The highest BCUT2D eigenvalue weighted by Gasteiger charge is 1.98. The number of carbonyl (C=O) groups excluding carboxylic acids is 1. The standard InChI is InChI=1S/C8H12N2O2/c1-2-3-4-12-8-5-7(6-11)9-10-8/h5-6H,2-4H2,1H3,(H,9,10). The van der Waals surface area contributed by atoms with Crippen LogP contribution in [0.2, 0.25) is 0 Å². The third-order valence-electron chi connectivity index (χ3n) is 1.45. The lowest BCUT2D eigenvalue weighted by atomic mass is 10.4. The Morgan fingerprint density at radius 2 is 2.58 bits per heavy atom. The van der Waals surface area contributed by atoms with Gasteiger partial charge in [-0.2, -0.15) is 5.10 Å². The van der Waals surface area contributed by atoms with Gasteiger partial charge in [-0.05, 0) is 6.42 Å². The van der Waals surface area contributed by atoms with Gasteiger partial charge in [0.05, 0.1) is 6.61 Å². The molecule has 0 aromatic carbocycles. The molecule has 1 N–H and O–H groups in total. The molecule has 1 aromatic rings. The van der Waals surface area contributed by atoms with Crippen LogP contribution in [0.3, 0.4) is 0 Å². The highest BCUT2D eigenvalue weighted by Crippen LogP contribution is 2.06. The second-order valence-corrected chi connectivity index (χ2v) is 2.48. The Kier molecular flexibility index (Phi) is 3.32. The average molecular weight is 168 g/mol. The third-order valence-corrected chi connectivity index (χ3v) is 1.45. The molecule has 66 valence electrons. The van der Waals surface area contributed by atoms with E-state index in [2.05, 4.69) is 17.1 Å². The molecule has 0 radical (unpaired) electrons. The lowest BCUT2D eigenvalue weighted by Crippen LogP contribution is -1.96. The Labute approximate surface area is 70.9 Å². The van der Waals surface area contributed by atoms with Gasteiger partial charge in [-0.25, -0.2) is 5.10 Å². The van der Waals surface area contributed by atoms with Crippen molar-refractivity contribution in [1.82, 2.24) is 10.2 Å². The van der Waals surface area contributed by atoms with E-state index < -0.39 is 0 Å². The topological polar surface area (TPSA) is 55.0 Å². The van der Waals surface area contributed by atoms with Gasteiger partial charge in [-0.3, -0.25) is 4.79 Å². The van der Waals surface area contributed by atoms with E-state index in [4.69, 9.17) is 4.74 Å². The van der Waals surface area contributed by atoms with Gasteiger partial charge < -0.3 is 4.74 Å². The van der Waals surface area contributed by atoms with E-state index >= 15 is 0 Å². The molecule has 4 heteroatoms. The first kappa shape index (κ1) is 8.77. The van der Waals surface area contributed by atoms with Crippen LogP contribution in [0, 0.1) is 0 Å². The lowest BCUT2D eigenvalue weighted by molar-refractivity contribution is 0.111. The molecule has 1 aromatic heterocycles. The Balaban J connectivity index is 2.36. The summed E-state index contributed by atoms with van der Waals surface area (Å²) in [6.07, 6.45) is 2.79. The van der Waals surface area contributed by atoms with Gasteiger partial charge in [0.15, 0.2) is 6.29 Å². The molecule has 0 fully saturated rings. The number of nitrogens with one attached hydrogen (secondary N) is 1. The fourth-order valence-corrected chi connectivity index (χ4v) is 0.779. The number of aromatic nitrogens is 2. The molecule has 4 nitrogen and oxygen atoms in total. The molecular weight excluding hydrogens is 156 g/mol. The normalized spacial score (nSPS) is 9.75. The van der Waals surface area contributed by atoms with E-state index in [0.29, 0.717) is 24.5 Å². The molecule has 0 saturated carbocycles. The van der Waals surface area contributed by atoms with Gasteiger partial charge in [-0.15, -0.1) is 0 Å². The Morgan fingerprint density at radius 3 is 3.17 bits per heavy atom. The summed E-state index contributed by atoms with van der Waals surface area (Å²) in [5.41, 5.74) is 0.376. The van der Waals surface area contributed by atoms with Crippen molar-refractivity contribution >= 4 is 6.29 Å². The number of aldehydes is 1. The van der Waals surface area contributed by atoms with Gasteiger partial charge >= 0.3 is 0 Å². The molecule has 0 atom stereocenters. The van der Waals surface area contributed by atoms with Crippen LogP contribution in [0.25, 0.3) is 0 Å². The van der Waals surface area contributed by atoms with E-state index in [0.717, 1.165) is 12.8 Å². The zero-order chi connectivity index (χ0) is 8.81. The van der Waals surface area contributed by atoms with Crippen LogP contribution in [0.4, 0.5) is 0 Å². The summed E-state index contributed by atoms with van der Waals surface area (Å²) in [7, 11) is 0. The molecular formula is C8H12N2O2. The summed E-state index contributed by atoms with van der Waals surface area (Å²) in [5, 5.41) is 6.31. The van der Waals surface area contributed by atoms with Gasteiger partial charge in [0.25, 0.3) is 0 Å². The highest BCUT2D eigenvalue weighted by molar-refractivity contribution is 5.71. The minimum atomic E-state index is 0.376. The maximum absolute atomic E-state index is 10.2. The Morgan fingerprint density at radius 1 is 1.75 bits per heavy atom. The number of ether oxygens (including phenoxy) is 1. The van der Waals surface area contributed by atoms with Gasteiger partial charge in [0.2, 0.25) is 5.88 Å². The lowest BCUT2D eigenvalue weighted by Gasteiger charge is -1.99. The van der Waals surface area contributed by atoms with Crippen LogP contribution in [-0.4, -0.2) is 23.1 Å². The van der Waals surface area contributed by atoms with Crippen molar-refractivity contribution in [3.63, 3.8) is 0 Å². The number of hydrogen-bond donors (Lipinski definition) is 1. The number of rotatable bonds is 5. The number of unbranched alkanes of at least 4 members (excludes halogenated alkanes) is 1. The van der Waals surface area contributed by atoms with E-state index in [1.807, 2.05) is 0 Å². The Bertz CT molecular complexity index is 245. The van der Waals surface area contributed by atoms with Crippen molar-refractivity contribution in [3.05, 3.63) is 11.8 Å². The predicted molar refractivity (Wildman–Crippen MR) is 44.4 cm³/mol. The van der Waals surface area contributed by atoms with Gasteiger partial charge in [0, 0.05) is 6.07 Å². The predicted octanol–water partition coefficient (Wildman–Crippen LogP) is 1.40. The molecule has 0 spiro atoms. The minimum absolute atomic E-state index is 0.376. The number of hydrogen-bond acceptors (Lipinski definition) is 3. The number of aromatic amines is 1. The molecule has 12 heavy (non-hydrogen) atoms. The first-order valence-corrected chi connectivity index (χ1v) is 4.00. The van der Waals surface area contributed by atoms with Crippen LogP contribution in [0.5, 0.6) is 5.88 Å². The zero-order valence-corrected chi connectivity index (χ0v) is 7.04. The summed E-state index contributed by atoms with van der Waals surface area (Å²) in [6.45, 7) is 2.75. The second-order valence-electron chi connectivity index (χ2n) is 2.48. The van der Waals surface area contributed by atoms with Gasteiger partial charge in [0.1, 0.15) is 5.69 Å². The van der Waals surface area contributed by atoms with E-state index in [1.54, 1.807) is 6.07 Å². The van der Waals surface area contributed by atoms with Crippen molar-refractivity contribution in [2.45, 2.75) is 19.8 Å². The first-order chi connectivity index (χ1) is 5.86. The SMILES string of the molecule is CCCCOc1cc(C=O)n[nH]1. The third kappa shape index (κ3) is 2.38. The number of carbonyl (C=O) groups is 1. The fourth-order valence-electron chi connectivity index (χ4n) is 0.779.